The Labute approximate surface area is 109 Å². The molecule has 2 rings (SSSR count). The summed E-state index contributed by atoms with van der Waals surface area (Å²) >= 11 is 0. The third kappa shape index (κ3) is 2.94. The standard InChI is InChI=1S/C10H15N3O5S/c1-5-9(8(10(15)16)13-12-5)19(17,18)11-4-7(14)6-2-3-6/h6-7,11,14H,2-4H2,1H3,(H,12,13)(H,15,16). The van der Waals surface area contributed by atoms with Crippen molar-refractivity contribution in [2.24, 2.45) is 5.92 Å². The van der Waals surface area contributed by atoms with Crippen LogP contribution >= 0.6 is 0 Å². The molecule has 1 aromatic rings. The molecule has 0 bridgehead atoms. The Morgan fingerprint density at radius 1 is 1.58 bits per heavy atom. The average molecular weight is 289 g/mol. The number of nitrogens with one attached hydrogen (secondary N) is 2. The van der Waals surface area contributed by atoms with Crippen molar-refractivity contribution in [3.05, 3.63) is 11.4 Å². The quantitative estimate of drug-likeness (QED) is 0.556. The summed E-state index contributed by atoms with van der Waals surface area (Å²) in [5.74, 6) is -1.29. The van der Waals surface area contributed by atoms with E-state index in [0.717, 1.165) is 12.8 Å². The molecule has 0 radical (unpaired) electrons. The molecule has 0 spiro atoms. The second-order valence-corrected chi connectivity index (χ2v) is 6.29. The number of aromatic nitrogens is 2. The van der Waals surface area contributed by atoms with Gasteiger partial charge < -0.3 is 10.2 Å². The lowest BCUT2D eigenvalue weighted by atomic mass is 10.2. The number of aliphatic hydroxyl groups excluding tert-OH is 1. The molecule has 1 aliphatic rings. The van der Waals surface area contributed by atoms with Crippen LogP contribution in [0.25, 0.3) is 0 Å². The first-order chi connectivity index (χ1) is 8.83. The molecule has 0 aliphatic heterocycles. The number of carboxylic acid groups (broad SMARTS) is 1. The van der Waals surface area contributed by atoms with Gasteiger partial charge in [-0.15, -0.1) is 0 Å². The van der Waals surface area contributed by atoms with Gasteiger partial charge in [0, 0.05) is 6.54 Å². The van der Waals surface area contributed by atoms with Crippen LogP contribution in [0.2, 0.25) is 0 Å². The second-order valence-electron chi connectivity index (χ2n) is 4.59. The number of hydrogen-bond acceptors (Lipinski definition) is 5. The smallest absolute Gasteiger partial charge is 0.357 e. The zero-order valence-corrected chi connectivity index (χ0v) is 11.1. The minimum Gasteiger partial charge on any atom is -0.476 e. The van der Waals surface area contributed by atoms with Gasteiger partial charge in [-0.05, 0) is 25.7 Å². The summed E-state index contributed by atoms with van der Waals surface area (Å²) in [6.45, 7) is 1.29. The van der Waals surface area contributed by atoms with Gasteiger partial charge in [0.1, 0.15) is 4.90 Å². The van der Waals surface area contributed by atoms with Crippen LogP contribution in [0.5, 0.6) is 0 Å². The second kappa shape index (κ2) is 4.91. The number of nitrogens with zero attached hydrogens (tertiary/aromatic N) is 1. The number of aromatic amines is 1. The molecular weight excluding hydrogens is 274 g/mol. The van der Waals surface area contributed by atoms with E-state index >= 15 is 0 Å². The van der Waals surface area contributed by atoms with E-state index in [1.165, 1.54) is 6.92 Å². The maximum atomic E-state index is 12.0. The minimum absolute atomic E-state index is 0.128. The normalized spacial score (nSPS) is 17.4. The Kier molecular flexibility index (Phi) is 3.61. The third-order valence-electron chi connectivity index (χ3n) is 3.01. The highest BCUT2D eigenvalue weighted by Crippen LogP contribution is 2.32. The first-order valence-corrected chi connectivity index (χ1v) is 7.27. The van der Waals surface area contributed by atoms with Crippen molar-refractivity contribution in [1.82, 2.24) is 14.9 Å². The molecule has 8 nitrogen and oxygen atoms in total. The third-order valence-corrected chi connectivity index (χ3v) is 4.59. The van der Waals surface area contributed by atoms with Crippen LogP contribution in [-0.4, -0.2) is 47.4 Å². The maximum Gasteiger partial charge on any atom is 0.357 e. The zero-order chi connectivity index (χ0) is 14.2. The molecule has 1 heterocycles. The van der Waals surface area contributed by atoms with Gasteiger partial charge in [-0.25, -0.2) is 17.9 Å². The lowest BCUT2D eigenvalue weighted by Crippen LogP contribution is -2.34. The van der Waals surface area contributed by atoms with Gasteiger partial charge in [0.05, 0.1) is 11.8 Å². The molecule has 1 aromatic heterocycles. The van der Waals surface area contributed by atoms with Crippen LogP contribution in [0.3, 0.4) is 0 Å². The summed E-state index contributed by atoms with van der Waals surface area (Å²) in [4.78, 5) is 10.5. The van der Waals surface area contributed by atoms with Crippen LogP contribution in [0, 0.1) is 12.8 Å². The summed E-state index contributed by atoms with van der Waals surface area (Å²) < 4.78 is 26.3. The fourth-order valence-corrected chi connectivity index (χ4v) is 3.18. The number of carbonyl (C=O) groups is 1. The van der Waals surface area contributed by atoms with Crippen molar-refractivity contribution >= 4 is 16.0 Å². The van der Waals surface area contributed by atoms with Gasteiger partial charge in [0.25, 0.3) is 0 Å². The van der Waals surface area contributed by atoms with Crippen LogP contribution in [0.1, 0.15) is 29.0 Å². The number of H-pyrrole nitrogens is 1. The largest absolute Gasteiger partial charge is 0.476 e. The highest BCUT2D eigenvalue weighted by atomic mass is 32.2. The lowest BCUT2D eigenvalue weighted by Gasteiger charge is -2.11. The van der Waals surface area contributed by atoms with Gasteiger partial charge in [-0.1, -0.05) is 0 Å². The summed E-state index contributed by atoms with van der Waals surface area (Å²) in [6.07, 6.45) is 1.03. The number of aryl methyl sites for hydroxylation is 1. The Bertz CT molecular complexity index is 590. The van der Waals surface area contributed by atoms with E-state index in [4.69, 9.17) is 5.11 Å². The molecule has 1 fully saturated rings. The van der Waals surface area contributed by atoms with E-state index < -0.39 is 27.8 Å². The van der Waals surface area contributed by atoms with Crippen LogP contribution in [0.15, 0.2) is 4.90 Å². The molecule has 9 heteroatoms. The Balaban J connectivity index is 2.18. The summed E-state index contributed by atoms with van der Waals surface area (Å²) in [5.41, 5.74) is -0.406. The van der Waals surface area contributed by atoms with Crippen molar-refractivity contribution in [2.45, 2.75) is 30.8 Å². The number of carboxylic acids is 1. The van der Waals surface area contributed by atoms with E-state index in [2.05, 4.69) is 14.9 Å². The molecule has 4 N–H and O–H groups in total. The van der Waals surface area contributed by atoms with E-state index in [1.807, 2.05) is 0 Å². The lowest BCUT2D eigenvalue weighted by molar-refractivity contribution is 0.0686. The number of aliphatic hydroxyl groups is 1. The number of hydrogen-bond donors (Lipinski definition) is 4. The van der Waals surface area contributed by atoms with Gasteiger partial charge in [0.15, 0.2) is 5.69 Å². The monoisotopic (exact) mass is 289 g/mol. The van der Waals surface area contributed by atoms with Gasteiger partial charge in [0.2, 0.25) is 10.0 Å². The summed E-state index contributed by atoms with van der Waals surface area (Å²) in [7, 11) is -4.01. The average Bonchev–Trinajstić information content (AvgIpc) is 3.08. The Morgan fingerprint density at radius 3 is 2.74 bits per heavy atom. The SMILES string of the molecule is Cc1[nH]nc(C(=O)O)c1S(=O)(=O)NCC(O)C1CC1. The van der Waals surface area contributed by atoms with Gasteiger partial charge >= 0.3 is 5.97 Å². The van der Waals surface area contributed by atoms with Gasteiger partial charge in [-0.2, -0.15) is 5.10 Å². The maximum absolute atomic E-state index is 12.0. The molecule has 106 valence electrons. The molecule has 1 aliphatic carbocycles. The first-order valence-electron chi connectivity index (χ1n) is 5.79. The molecule has 0 saturated heterocycles. The molecule has 1 atom stereocenters. The highest BCUT2D eigenvalue weighted by molar-refractivity contribution is 7.89. The molecule has 0 aromatic carbocycles. The number of aromatic carboxylic acids is 1. The van der Waals surface area contributed by atoms with E-state index in [0.29, 0.717) is 0 Å². The molecular formula is C10H15N3O5S. The Morgan fingerprint density at radius 2 is 2.21 bits per heavy atom. The van der Waals surface area contributed by atoms with Crippen molar-refractivity contribution in [1.29, 1.82) is 0 Å². The van der Waals surface area contributed by atoms with Crippen LogP contribution < -0.4 is 4.72 Å². The molecule has 1 saturated carbocycles. The number of sulfonamides is 1. The van der Waals surface area contributed by atoms with Crippen LogP contribution in [-0.2, 0) is 10.0 Å². The predicted octanol–water partition coefficient (Wildman–Crippen LogP) is -0.534. The minimum atomic E-state index is -4.01. The van der Waals surface area contributed by atoms with Crippen molar-refractivity contribution in [2.75, 3.05) is 6.54 Å². The van der Waals surface area contributed by atoms with E-state index in [9.17, 15) is 18.3 Å². The van der Waals surface area contributed by atoms with Crippen molar-refractivity contribution in [3.63, 3.8) is 0 Å². The summed E-state index contributed by atoms with van der Waals surface area (Å²) in [6, 6.07) is 0. The fourth-order valence-electron chi connectivity index (χ4n) is 1.81. The van der Waals surface area contributed by atoms with E-state index in [1.54, 1.807) is 0 Å². The predicted molar refractivity (Wildman–Crippen MR) is 64.2 cm³/mol. The number of rotatable bonds is 6. The topological polar surface area (TPSA) is 132 Å². The summed E-state index contributed by atoms with van der Waals surface area (Å²) in [5, 5.41) is 24.3. The molecule has 1 unspecified atom stereocenters. The van der Waals surface area contributed by atoms with Crippen molar-refractivity contribution in [3.8, 4) is 0 Å². The Hall–Kier alpha value is -1.45. The highest BCUT2D eigenvalue weighted by Gasteiger charge is 2.32. The molecule has 19 heavy (non-hydrogen) atoms. The van der Waals surface area contributed by atoms with E-state index in [-0.39, 0.29) is 23.1 Å². The van der Waals surface area contributed by atoms with Crippen LogP contribution in [0.4, 0.5) is 0 Å². The van der Waals surface area contributed by atoms with Gasteiger partial charge in [-0.3, -0.25) is 5.10 Å². The fraction of sp³-hybridized carbons (Fsp3) is 0.600. The first kappa shape index (κ1) is 14.0. The van der Waals surface area contributed by atoms with Crippen molar-refractivity contribution < 1.29 is 23.4 Å². The zero-order valence-electron chi connectivity index (χ0n) is 10.3. The molecule has 0 amide bonds.